The zero-order valence-electron chi connectivity index (χ0n) is 16.3. The summed E-state index contributed by atoms with van der Waals surface area (Å²) >= 11 is 3.49. The first kappa shape index (κ1) is 19.8. The Labute approximate surface area is 174 Å². The quantitative estimate of drug-likeness (QED) is 0.723. The van der Waals surface area contributed by atoms with Crippen LogP contribution in [0.1, 0.15) is 44.3 Å². The van der Waals surface area contributed by atoms with Crippen molar-refractivity contribution in [2.24, 2.45) is 5.92 Å². The van der Waals surface area contributed by atoms with Crippen LogP contribution in [0.5, 0.6) is 0 Å². The molecule has 1 aliphatic carbocycles. The molecule has 0 radical (unpaired) electrons. The van der Waals surface area contributed by atoms with Crippen LogP contribution >= 0.6 is 15.9 Å². The first-order valence-electron chi connectivity index (χ1n) is 10.2. The molecule has 1 saturated carbocycles. The van der Waals surface area contributed by atoms with Crippen molar-refractivity contribution < 1.29 is 9.63 Å². The second-order valence-electron chi connectivity index (χ2n) is 7.96. The summed E-state index contributed by atoms with van der Waals surface area (Å²) in [5.41, 5.74) is 0.824. The van der Waals surface area contributed by atoms with E-state index in [-0.39, 0.29) is 12.5 Å². The van der Waals surface area contributed by atoms with Gasteiger partial charge in [-0.15, -0.1) is 0 Å². The van der Waals surface area contributed by atoms with Gasteiger partial charge in [0.25, 0.3) is 5.89 Å². The van der Waals surface area contributed by atoms with Gasteiger partial charge in [-0.05, 0) is 48.2 Å². The molecule has 2 aliphatic rings. The van der Waals surface area contributed by atoms with Crippen LogP contribution in [0.4, 0.5) is 5.82 Å². The molecule has 3 heterocycles. The molecule has 152 valence electrons. The number of aryl methyl sites for hydroxylation is 1. The van der Waals surface area contributed by atoms with Crippen molar-refractivity contribution in [2.45, 2.75) is 57.5 Å². The number of nitrogens with one attached hydrogen (secondary N) is 1. The number of hydrogen-bond donors (Lipinski definition) is 2. The molecule has 7 nitrogen and oxygen atoms in total. The van der Waals surface area contributed by atoms with Gasteiger partial charge in [0.15, 0.2) is 5.82 Å². The van der Waals surface area contributed by atoms with Gasteiger partial charge in [-0.1, -0.05) is 24.4 Å². The van der Waals surface area contributed by atoms with Gasteiger partial charge in [-0.25, -0.2) is 4.98 Å². The predicted molar refractivity (Wildman–Crippen MR) is 111 cm³/mol. The number of aliphatic hydroxyl groups excluding tert-OH is 1. The van der Waals surface area contributed by atoms with Crippen molar-refractivity contribution in [3.8, 4) is 11.5 Å². The molecule has 1 aliphatic heterocycles. The summed E-state index contributed by atoms with van der Waals surface area (Å²) in [7, 11) is 0. The molecule has 0 bridgehead atoms. The van der Waals surface area contributed by atoms with Crippen molar-refractivity contribution in [2.75, 3.05) is 24.6 Å². The number of halogens is 1. The molecule has 4 rings (SSSR count). The summed E-state index contributed by atoms with van der Waals surface area (Å²) in [6.07, 6.45) is 9.28. The lowest BCUT2D eigenvalue weighted by Crippen LogP contribution is -2.53. The number of aromatic nitrogens is 3. The lowest BCUT2D eigenvalue weighted by atomic mass is 9.89. The third-order valence-electron chi connectivity index (χ3n) is 5.91. The summed E-state index contributed by atoms with van der Waals surface area (Å²) in [6, 6.07) is 2.92. The van der Waals surface area contributed by atoms with E-state index in [0.717, 1.165) is 35.4 Å². The largest absolute Gasteiger partial charge is 0.396 e. The van der Waals surface area contributed by atoms with Crippen LogP contribution < -0.4 is 10.2 Å². The van der Waals surface area contributed by atoms with Crippen LogP contribution in [0.2, 0.25) is 0 Å². The Balaban J connectivity index is 1.51. The lowest BCUT2D eigenvalue weighted by Gasteiger charge is -2.41. The second kappa shape index (κ2) is 8.88. The van der Waals surface area contributed by atoms with E-state index in [9.17, 15) is 5.11 Å². The van der Waals surface area contributed by atoms with Gasteiger partial charge in [-0.3, -0.25) is 0 Å². The van der Waals surface area contributed by atoms with Crippen LogP contribution in [0.3, 0.4) is 0 Å². The summed E-state index contributed by atoms with van der Waals surface area (Å²) in [5, 5.41) is 17.8. The first-order chi connectivity index (χ1) is 13.6. The van der Waals surface area contributed by atoms with Gasteiger partial charge >= 0.3 is 0 Å². The normalized spacial score (nSPS) is 23.9. The van der Waals surface area contributed by atoms with E-state index in [0.29, 0.717) is 23.8 Å². The number of nitrogens with zero attached hydrogens (tertiary/aromatic N) is 4. The molecule has 0 aromatic carbocycles. The first-order valence-corrected chi connectivity index (χ1v) is 11.0. The Morgan fingerprint density at radius 2 is 2.11 bits per heavy atom. The zero-order chi connectivity index (χ0) is 19.5. The van der Waals surface area contributed by atoms with Crippen LogP contribution in [-0.4, -0.2) is 52.0 Å². The van der Waals surface area contributed by atoms with Gasteiger partial charge in [0.2, 0.25) is 0 Å². The van der Waals surface area contributed by atoms with Crippen LogP contribution in [0, 0.1) is 12.8 Å². The van der Waals surface area contributed by atoms with Gasteiger partial charge in [0.1, 0.15) is 5.82 Å². The fraction of sp³-hybridized carbons (Fsp3) is 0.650. The highest BCUT2D eigenvalue weighted by Crippen LogP contribution is 2.33. The van der Waals surface area contributed by atoms with Crippen molar-refractivity contribution in [1.82, 2.24) is 20.4 Å². The molecule has 2 aromatic heterocycles. The Hall–Kier alpha value is -1.51. The maximum atomic E-state index is 10.1. The standard InChI is InChI=1S/C20H28BrN5O2/c1-13-23-20(28-25-13)17-9-15(21)10-22-19(17)26-8-7-18(14(11-26)12-27)24-16-5-3-2-4-6-16/h9-10,14,16,18,24,27H,2-8,11-12H2,1H3. The third kappa shape index (κ3) is 4.39. The highest BCUT2D eigenvalue weighted by atomic mass is 79.9. The average Bonchev–Trinajstić information content (AvgIpc) is 3.15. The average molecular weight is 450 g/mol. The van der Waals surface area contributed by atoms with Crippen LogP contribution in [0.25, 0.3) is 11.5 Å². The smallest absolute Gasteiger partial charge is 0.261 e. The number of anilines is 1. The summed E-state index contributed by atoms with van der Waals surface area (Å²) in [6.45, 7) is 3.62. The molecular weight excluding hydrogens is 422 g/mol. The molecular formula is C20H28BrN5O2. The molecule has 2 atom stereocenters. The summed E-state index contributed by atoms with van der Waals surface area (Å²) < 4.78 is 6.27. The Bertz CT molecular complexity index is 793. The number of piperidine rings is 1. The zero-order valence-corrected chi connectivity index (χ0v) is 17.9. The fourth-order valence-electron chi connectivity index (χ4n) is 4.45. The lowest BCUT2D eigenvalue weighted by molar-refractivity contribution is 0.160. The van der Waals surface area contributed by atoms with Crippen molar-refractivity contribution in [3.05, 3.63) is 22.6 Å². The Morgan fingerprint density at radius 3 is 2.82 bits per heavy atom. The number of hydrogen-bond acceptors (Lipinski definition) is 7. The maximum absolute atomic E-state index is 10.1. The topological polar surface area (TPSA) is 87.3 Å². The second-order valence-corrected chi connectivity index (χ2v) is 8.87. The van der Waals surface area contributed by atoms with Gasteiger partial charge in [0, 0.05) is 48.4 Å². The van der Waals surface area contributed by atoms with E-state index in [2.05, 4.69) is 41.3 Å². The molecule has 0 spiro atoms. The van der Waals surface area contributed by atoms with Crippen LogP contribution in [0.15, 0.2) is 21.3 Å². The molecule has 2 aromatic rings. The number of pyridine rings is 1. The van der Waals surface area contributed by atoms with Gasteiger partial charge in [0.05, 0.1) is 5.56 Å². The van der Waals surface area contributed by atoms with E-state index >= 15 is 0 Å². The van der Waals surface area contributed by atoms with Crippen molar-refractivity contribution >= 4 is 21.7 Å². The minimum absolute atomic E-state index is 0.173. The molecule has 1 saturated heterocycles. The predicted octanol–water partition coefficient (Wildman–Crippen LogP) is 3.31. The molecule has 0 amide bonds. The SMILES string of the molecule is Cc1noc(-c2cc(Br)cnc2N2CCC(NC3CCCCC3)C(CO)C2)n1. The van der Waals surface area contributed by atoms with Gasteiger partial charge < -0.3 is 19.8 Å². The van der Waals surface area contributed by atoms with Crippen molar-refractivity contribution in [1.29, 1.82) is 0 Å². The van der Waals surface area contributed by atoms with E-state index < -0.39 is 0 Å². The highest BCUT2D eigenvalue weighted by molar-refractivity contribution is 9.10. The molecule has 8 heteroatoms. The van der Waals surface area contributed by atoms with Crippen LogP contribution in [-0.2, 0) is 0 Å². The number of aliphatic hydroxyl groups is 1. The number of rotatable bonds is 5. The van der Waals surface area contributed by atoms with E-state index in [1.807, 2.05) is 13.0 Å². The fourth-order valence-corrected chi connectivity index (χ4v) is 4.78. The highest BCUT2D eigenvalue weighted by Gasteiger charge is 2.32. The Morgan fingerprint density at radius 1 is 1.29 bits per heavy atom. The molecule has 2 unspecified atom stereocenters. The third-order valence-corrected chi connectivity index (χ3v) is 6.35. The summed E-state index contributed by atoms with van der Waals surface area (Å²) in [5.74, 6) is 2.09. The molecule has 28 heavy (non-hydrogen) atoms. The minimum Gasteiger partial charge on any atom is -0.396 e. The van der Waals surface area contributed by atoms with E-state index in [1.165, 1.54) is 32.1 Å². The summed E-state index contributed by atoms with van der Waals surface area (Å²) in [4.78, 5) is 11.3. The maximum Gasteiger partial charge on any atom is 0.261 e. The van der Waals surface area contributed by atoms with E-state index in [1.54, 1.807) is 6.20 Å². The Kier molecular flexibility index (Phi) is 6.28. The van der Waals surface area contributed by atoms with Gasteiger partial charge in [-0.2, -0.15) is 4.98 Å². The van der Waals surface area contributed by atoms with E-state index in [4.69, 9.17) is 4.52 Å². The molecule has 2 N–H and O–H groups in total. The molecule has 2 fully saturated rings. The minimum atomic E-state index is 0.173. The monoisotopic (exact) mass is 449 g/mol. The van der Waals surface area contributed by atoms with Crippen molar-refractivity contribution in [3.63, 3.8) is 0 Å².